The Morgan fingerprint density at radius 2 is 1.74 bits per heavy atom. The number of benzene rings is 2. The van der Waals surface area contributed by atoms with Crippen LogP contribution in [0.15, 0.2) is 60.7 Å². The number of H-pyrrole nitrogens is 1. The van der Waals surface area contributed by atoms with Crippen LogP contribution in [-0.2, 0) is 11.2 Å². The van der Waals surface area contributed by atoms with E-state index in [0.29, 0.717) is 18.9 Å². The summed E-state index contributed by atoms with van der Waals surface area (Å²) in [6.07, 6.45) is 1.65. The van der Waals surface area contributed by atoms with Crippen LogP contribution in [0, 0.1) is 0 Å². The normalized spacial score (nSPS) is 11.2. The molecule has 0 aliphatic heterocycles. The summed E-state index contributed by atoms with van der Waals surface area (Å²) in [7, 11) is 1.81. The van der Waals surface area contributed by atoms with Gasteiger partial charge in [0.25, 0.3) is 5.91 Å². The zero-order valence-electron chi connectivity index (χ0n) is 18.7. The van der Waals surface area contributed by atoms with E-state index in [1.54, 1.807) is 18.7 Å². The van der Waals surface area contributed by atoms with Crippen LogP contribution >= 0.6 is 0 Å². The third kappa shape index (κ3) is 6.10. The summed E-state index contributed by atoms with van der Waals surface area (Å²) in [6.45, 7) is 6.78. The molecule has 31 heavy (non-hydrogen) atoms. The number of aromatic amines is 1. The van der Waals surface area contributed by atoms with Crippen LogP contribution < -0.4 is 9.47 Å². The van der Waals surface area contributed by atoms with Gasteiger partial charge in [-0.1, -0.05) is 30.3 Å². The van der Waals surface area contributed by atoms with E-state index in [0.717, 1.165) is 35.5 Å². The van der Waals surface area contributed by atoms with Gasteiger partial charge in [0.1, 0.15) is 11.5 Å². The molecule has 6 heteroatoms. The fourth-order valence-corrected chi connectivity index (χ4v) is 3.42. The number of nitrogens with one attached hydrogen (secondary N) is 1. The first-order valence-corrected chi connectivity index (χ1v) is 10.7. The van der Waals surface area contributed by atoms with Gasteiger partial charge in [0, 0.05) is 24.8 Å². The molecule has 0 spiro atoms. The molecule has 0 atom stereocenters. The van der Waals surface area contributed by atoms with Gasteiger partial charge in [0.05, 0.1) is 12.3 Å². The van der Waals surface area contributed by atoms with Crippen molar-refractivity contribution in [3.63, 3.8) is 0 Å². The fraction of sp³-hybridized carbons (Fsp3) is 0.360. The molecule has 1 N–H and O–H groups in total. The minimum absolute atomic E-state index is 0.0593. The third-order valence-corrected chi connectivity index (χ3v) is 5.01. The lowest BCUT2D eigenvalue weighted by atomic mass is 10.1. The van der Waals surface area contributed by atoms with Crippen molar-refractivity contribution < 1.29 is 14.3 Å². The molecule has 0 saturated heterocycles. The fourth-order valence-electron chi connectivity index (χ4n) is 3.42. The Hall–Kier alpha value is -3.28. The topological polar surface area (TPSA) is 67.5 Å². The van der Waals surface area contributed by atoms with Crippen LogP contribution in [0.3, 0.4) is 0 Å². The molecule has 0 saturated carbocycles. The van der Waals surface area contributed by atoms with Gasteiger partial charge in [0.15, 0.2) is 5.60 Å². The molecule has 0 aliphatic rings. The zero-order chi connectivity index (χ0) is 22.3. The molecule has 6 nitrogen and oxygen atoms in total. The summed E-state index contributed by atoms with van der Waals surface area (Å²) >= 11 is 0. The van der Waals surface area contributed by atoms with Crippen molar-refractivity contribution >= 4 is 5.91 Å². The van der Waals surface area contributed by atoms with Crippen molar-refractivity contribution in [1.29, 1.82) is 0 Å². The first-order chi connectivity index (χ1) is 14.9. The summed E-state index contributed by atoms with van der Waals surface area (Å²) in [5.74, 6) is 1.36. The molecule has 3 aromatic rings. The standard InChI is InChI=1S/C25H31N3O3/c1-5-30-21-13-15-22(16-14-21)31-25(2,3)24(29)28(4)17-9-12-20-18-23(27-26-20)19-10-7-6-8-11-19/h6-8,10-11,13-16,18H,5,9,12,17H2,1-4H3,(H,26,27). The lowest BCUT2D eigenvalue weighted by Crippen LogP contribution is -2.47. The predicted octanol–water partition coefficient (Wildman–Crippen LogP) is 4.72. The van der Waals surface area contributed by atoms with Gasteiger partial charge in [-0.2, -0.15) is 5.10 Å². The van der Waals surface area contributed by atoms with Gasteiger partial charge in [0.2, 0.25) is 0 Å². The zero-order valence-corrected chi connectivity index (χ0v) is 18.7. The van der Waals surface area contributed by atoms with E-state index < -0.39 is 5.60 Å². The largest absolute Gasteiger partial charge is 0.494 e. The monoisotopic (exact) mass is 421 g/mol. The number of aromatic nitrogens is 2. The summed E-state index contributed by atoms with van der Waals surface area (Å²) in [4.78, 5) is 14.7. The molecule has 0 unspecified atom stereocenters. The van der Waals surface area contributed by atoms with Crippen LogP contribution in [0.2, 0.25) is 0 Å². The maximum Gasteiger partial charge on any atom is 0.265 e. The van der Waals surface area contributed by atoms with Gasteiger partial charge in [-0.3, -0.25) is 9.89 Å². The van der Waals surface area contributed by atoms with Crippen LogP contribution in [0.4, 0.5) is 0 Å². The summed E-state index contributed by atoms with van der Waals surface area (Å²) in [5.41, 5.74) is 2.12. The Balaban J connectivity index is 1.49. The Kier molecular flexibility index (Phi) is 7.34. The van der Waals surface area contributed by atoms with Crippen LogP contribution in [-0.4, -0.2) is 46.8 Å². The Morgan fingerprint density at radius 1 is 1.06 bits per heavy atom. The molecule has 2 aromatic carbocycles. The van der Waals surface area contributed by atoms with Crippen molar-refractivity contribution in [1.82, 2.24) is 15.1 Å². The van der Waals surface area contributed by atoms with Gasteiger partial charge < -0.3 is 14.4 Å². The molecular weight excluding hydrogens is 390 g/mol. The summed E-state index contributed by atoms with van der Waals surface area (Å²) < 4.78 is 11.4. The Labute approximate surface area is 184 Å². The highest BCUT2D eigenvalue weighted by Gasteiger charge is 2.32. The third-order valence-electron chi connectivity index (χ3n) is 5.01. The second-order valence-corrected chi connectivity index (χ2v) is 7.99. The van der Waals surface area contributed by atoms with Crippen molar-refractivity contribution in [3.05, 3.63) is 66.4 Å². The van der Waals surface area contributed by atoms with Gasteiger partial charge in [-0.15, -0.1) is 0 Å². The van der Waals surface area contributed by atoms with E-state index in [-0.39, 0.29) is 5.91 Å². The number of carbonyl (C=O) groups is 1. The highest BCUT2D eigenvalue weighted by molar-refractivity contribution is 5.84. The van der Waals surface area contributed by atoms with Gasteiger partial charge in [-0.25, -0.2) is 0 Å². The summed E-state index contributed by atoms with van der Waals surface area (Å²) in [5, 5.41) is 7.48. The summed E-state index contributed by atoms with van der Waals surface area (Å²) in [6, 6.07) is 19.5. The SMILES string of the molecule is CCOc1ccc(OC(C)(C)C(=O)N(C)CCCc2cc(-c3ccccc3)n[nH]2)cc1. The number of likely N-dealkylation sites (N-methyl/N-ethyl adjacent to an activating group) is 1. The molecule has 0 radical (unpaired) electrons. The van der Waals surface area contributed by atoms with Gasteiger partial charge in [-0.05, 0) is 63.9 Å². The molecule has 1 heterocycles. The van der Waals surface area contributed by atoms with E-state index in [9.17, 15) is 4.79 Å². The highest BCUT2D eigenvalue weighted by atomic mass is 16.5. The molecule has 0 fully saturated rings. The Morgan fingerprint density at radius 3 is 2.42 bits per heavy atom. The van der Waals surface area contributed by atoms with Crippen LogP contribution in [0.1, 0.15) is 32.9 Å². The second kappa shape index (κ2) is 10.2. The van der Waals surface area contributed by atoms with E-state index in [1.165, 1.54) is 0 Å². The molecule has 1 aromatic heterocycles. The van der Waals surface area contributed by atoms with E-state index >= 15 is 0 Å². The van der Waals surface area contributed by atoms with Crippen molar-refractivity contribution in [2.24, 2.45) is 0 Å². The minimum atomic E-state index is -0.962. The first-order valence-electron chi connectivity index (χ1n) is 10.7. The Bertz CT molecular complexity index is 965. The lowest BCUT2D eigenvalue weighted by Gasteiger charge is -2.30. The van der Waals surface area contributed by atoms with Gasteiger partial charge >= 0.3 is 0 Å². The van der Waals surface area contributed by atoms with Crippen molar-refractivity contribution in [2.75, 3.05) is 20.2 Å². The minimum Gasteiger partial charge on any atom is -0.494 e. The predicted molar refractivity (Wildman–Crippen MR) is 122 cm³/mol. The maximum atomic E-state index is 12.9. The number of nitrogens with zero attached hydrogens (tertiary/aromatic N) is 2. The molecular formula is C25H31N3O3. The quantitative estimate of drug-likeness (QED) is 0.514. The molecule has 0 aliphatic carbocycles. The number of ether oxygens (including phenoxy) is 2. The number of aryl methyl sites for hydroxylation is 1. The second-order valence-electron chi connectivity index (χ2n) is 7.99. The van der Waals surface area contributed by atoms with Crippen molar-refractivity contribution in [2.45, 2.75) is 39.2 Å². The van der Waals surface area contributed by atoms with Crippen molar-refractivity contribution in [3.8, 4) is 22.8 Å². The highest BCUT2D eigenvalue weighted by Crippen LogP contribution is 2.23. The maximum absolute atomic E-state index is 12.9. The average molecular weight is 422 g/mol. The smallest absolute Gasteiger partial charge is 0.265 e. The molecule has 164 valence electrons. The molecule has 0 bridgehead atoms. The van der Waals surface area contributed by atoms with E-state index in [4.69, 9.17) is 9.47 Å². The van der Waals surface area contributed by atoms with Crippen LogP contribution in [0.5, 0.6) is 11.5 Å². The lowest BCUT2D eigenvalue weighted by molar-refractivity contribution is -0.144. The van der Waals surface area contributed by atoms with E-state index in [1.807, 2.05) is 68.6 Å². The number of hydrogen-bond acceptors (Lipinski definition) is 4. The molecule has 3 rings (SSSR count). The average Bonchev–Trinajstić information content (AvgIpc) is 3.24. The number of rotatable bonds is 10. The van der Waals surface area contributed by atoms with Crippen LogP contribution in [0.25, 0.3) is 11.3 Å². The first kappa shape index (κ1) is 22.4. The number of carbonyl (C=O) groups excluding carboxylic acids is 1. The molecule has 1 amide bonds. The number of hydrogen-bond donors (Lipinski definition) is 1. The number of amides is 1. The van der Waals surface area contributed by atoms with E-state index in [2.05, 4.69) is 16.3 Å².